The van der Waals surface area contributed by atoms with Crippen LogP contribution in [0.15, 0.2) is 48.7 Å². The van der Waals surface area contributed by atoms with Gasteiger partial charge in [-0.3, -0.25) is 0 Å². The van der Waals surface area contributed by atoms with E-state index in [1.165, 1.54) is 16.5 Å². The van der Waals surface area contributed by atoms with Crippen LogP contribution in [0.2, 0.25) is 0 Å². The van der Waals surface area contributed by atoms with Crippen LogP contribution in [0.5, 0.6) is 11.5 Å². The van der Waals surface area contributed by atoms with Crippen LogP contribution in [0.1, 0.15) is 24.3 Å². The summed E-state index contributed by atoms with van der Waals surface area (Å²) in [5.41, 5.74) is 3.27. The minimum absolute atomic E-state index is 0.0611. The largest absolute Gasteiger partial charge is 0.486 e. The van der Waals surface area contributed by atoms with Gasteiger partial charge in [-0.15, -0.1) is 0 Å². The number of ether oxygens (including phenoxy) is 2. The number of carbonyl (C=O) groups excluding carboxylic acids is 1. The Morgan fingerprint density at radius 3 is 2.68 bits per heavy atom. The highest BCUT2D eigenvalue weighted by Gasteiger charge is 2.25. The number of H-pyrrole nitrogens is 1. The molecule has 3 heterocycles. The maximum atomic E-state index is 12.7. The van der Waals surface area contributed by atoms with Gasteiger partial charge in [-0.25, -0.2) is 4.79 Å². The average molecular weight is 377 g/mol. The normalized spacial score (nSPS) is 16.9. The Labute approximate surface area is 163 Å². The van der Waals surface area contributed by atoms with Gasteiger partial charge in [0.05, 0.1) is 0 Å². The molecule has 2 amide bonds. The van der Waals surface area contributed by atoms with E-state index in [0.29, 0.717) is 24.9 Å². The molecule has 1 aromatic heterocycles. The van der Waals surface area contributed by atoms with Gasteiger partial charge in [0.25, 0.3) is 0 Å². The summed E-state index contributed by atoms with van der Waals surface area (Å²) in [6.07, 6.45) is 4.06. The van der Waals surface area contributed by atoms with Crippen molar-refractivity contribution in [3.63, 3.8) is 0 Å². The highest BCUT2D eigenvalue weighted by atomic mass is 16.6. The summed E-state index contributed by atoms with van der Waals surface area (Å²) in [5.74, 6) is 1.89. The Bertz CT molecular complexity index is 1010. The van der Waals surface area contributed by atoms with Crippen molar-refractivity contribution in [3.05, 3.63) is 54.2 Å². The summed E-state index contributed by atoms with van der Waals surface area (Å²) in [6, 6.07) is 13.9. The number of nitrogens with zero attached hydrogens (tertiary/aromatic N) is 1. The predicted molar refractivity (Wildman–Crippen MR) is 108 cm³/mol. The molecule has 0 aliphatic carbocycles. The van der Waals surface area contributed by atoms with E-state index in [9.17, 15) is 4.79 Å². The number of anilines is 1. The van der Waals surface area contributed by atoms with E-state index in [1.54, 1.807) is 0 Å². The third-order valence-electron chi connectivity index (χ3n) is 5.64. The Hall–Kier alpha value is -3.15. The second-order valence-electron chi connectivity index (χ2n) is 7.34. The zero-order valence-corrected chi connectivity index (χ0v) is 15.6. The van der Waals surface area contributed by atoms with Gasteiger partial charge in [0.15, 0.2) is 11.5 Å². The molecule has 0 radical (unpaired) electrons. The third-order valence-corrected chi connectivity index (χ3v) is 5.64. The Morgan fingerprint density at radius 1 is 1.04 bits per heavy atom. The number of aromatic nitrogens is 1. The first-order valence-corrected chi connectivity index (χ1v) is 9.79. The standard InChI is InChI=1S/C22H23N3O3/c26-22(24-16-5-6-20-21(13-16)28-12-11-27-20)25-9-7-15(8-10-25)18-14-23-19-4-2-1-3-17(18)19/h1-6,13-15,23H,7-12H2,(H,24,26). The SMILES string of the molecule is O=C(Nc1ccc2c(c1)OCCO2)N1CCC(c2c[nH]c3ccccc23)CC1. The van der Waals surface area contributed by atoms with Crippen molar-refractivity contribution >= 4 is 22.6 Å². The molecule has 3 aromatic rings. The highest BCUT2D eigenvalue weighted by Crippen LogP contribution is 2.34. The van der Waals surface area contributed by atoms with E-state index in [-0.39, 0.29) is 6.03 Å². The van der Waals surface area contributed by atoms with Crippen molar-refractivity contribution < 1.29 is 14.3 Å². The molecule has 5 rings (SSSR count). The lowest BCUT2D eigenvalue weighted by atomic mass is 9.89. The van der Waals surface area contributed by atoms with Crippen LogP contribution in [0.3, 0.4) is 0 Å². The quantitative estimate of drug-likeness (QED) is 0.698. The van der Waals surface area contributed by atoms with E-state index in [0.717, 1.165) is 37.4 Å². The molecule has 2 aromatic carbocycles. The molecule has 2 aliphatic rings. The van der Waals surface area contributed by atoms with Crippen molar-refractivity contribution in [2.75, 3.05) is 31.6 Å². The Balaban J connectivity index is 1.22. The maximum absolute atomic E-state index is 12.7. The van der Waals surface area contributed by atoms with E-state index in [1.807, 2.05) is 29.2 Å². The first kappa shape index (κ1) is 17.0. The van der Waals surface area contributed by atoms with Crippen LogP contribution < -0.4 is 14.8 Å². The first-order valence-electron chi connectivity index (χ1n) is 9.79. The molecule has 0 unspecified atom stereocenters. The van der Waals surface area contributed by atoms with Crippen LogP contribution in [0.25, 0.3) is 10.9 Å². The van der Waals surface area contributed by atoms with Crippen LogP contribution in [-0.4, -0.2) is 42.2 Å². The van der Waals surface area contributed by atoms with Crippen molar-refractivity contribution in [1.82, 2.24) is 9.88 Å². The zero-order valence-electron chi connectivity index (χ0n) is 15.6. The summed E-state index contributed by atoms with van der Waals surface area (Å²) in [6.45, 7) is 2.59. The molecule has 1 saturated heterocycles. The van der Waals surface area contributed by atoms with Gasteiger partial charge < -0.3 is 24.7 Å². The Morgan fingerprint density at radius 2 is 1.82 bits per heavy atom. The number of urea groups is 1. The fraction of sp³-hybridized carbons (Fsp3) is 0.318. The van der Waals surface area contributed by atoms with Gasteiger partial charge in [0.2, 0.25) is 0 Å². The van der Waals surface area contributed by atoms with Crippen molar-refractivity contribution in [2.45, 2.75) is 18.8 Å². The smallest absolute Gasteiger partial charge is 0.321 e. The Kier molecular flexibility index (Phi) is 4.31. The molecule has 144 valence electrons. The number of piperidine rings is 1. The molecule has 0 spiro atoms. The van der Waals surface area contributed by atoms with Crippen LogP contribution in [-0.2, 0) is 0 Å². The van der Waals surface area contributed by atoms with Crippen molar-refractivity contribution in [1.29, 1.82) is 0 Å². The molecule has 28 heavy (non-hydrogen) atoms. The van der Waals surface area contributed by atoms with E-state index in [4.69, 9.17) is 9.47 Å². The maximum Gasteiger partial charge on any atom is 0.321 e. The fourth-order valence-electron chi connectivity index (χ4n) is 4.15. The molecule has 6 heteroatoms. The summed E-state index contributed by atoms with van der Waals surface area (Å²) in [4.78, 5) is 17.9. The number of fused-ring (bicyclic) bond motifs is 2. The molecule has 0 bridgehead atoms. The van der Waals surface area contributed by atoms with Gasteiger partial charge in [-0.2, -0.15) is 0 Å². The monoisotopic (exact) mass is 377 g/mol. The minimum atomic E-state index is -0.0611. The topological polar surface area (TPSA) is 66.6 Å². The number of benzene rings is 2. The molecular formula is C22H23N3O3. The lowest BCUT2D eigenvalue weighted by Gasteiger charge is -2.32. The molecule has 1 fully saturated rings. The first-order chi connectivity index (χ1) is 13.8. The number of rotatable bonds is 2. The summed E-state index contributed by atoms with van der Waals surface area (Å²) in [5, 5.41) is 4.28. The second-order valence-corrected chi connectivity index (χ2v) is 7.34. The summed E-state index contributed by atoms with van der Waals surface area (Å²) < 4.78 is 11.1. The van der Waals surface area contributed by atoms with E-state index in [2.05, 4.69) is 34.7 Å². The number of aromatic amines is 1. The van der Waals surface area contributed by atoms with Gasteiger partial charge in [-0.05, 0) is 42.5 Å². The van der Waals surface area contributed by atoms with E-state index >= 15 is 0 Å². The van der Waals surface area contributed by atoms with Gasteiger partial charge in [0, 0.05) is 41.9 Å². The second kappa shape index (κ2) is 7.11. The number of para-hydroxylation sites is 1. The lowest BCUT2D eigenvalue weighted by Crippen LogP contribution is -2.40. The summed E-state index contributed by atoms with van der Waals surface area (Å²) >= 11 is 0. The summed E-state index contributed by atoms with van der Waals surface area (Å²) in [7, 11) is 0. The van der Waals surface area contributed by atoms with Gasteiger partial charge in [-0.1, -0.05) is 18.2 Å². The van der Waals surface area contributed by atoms with Gasteiger partial charge in [0.1, 0.15) is 13.2 Å². The average Bonchev–Trinajstić information content (AvgIpc) is 3.18. The molecule has 0 atom stereocenters. The molecule has 2 aliphatic heterocycles. The molecule has 2 N–H and O–H groups in total. The zero-order chi connectivity index (χ0) is 18.9. The number of nitrogens with one attached hydrogen (secondary N) is 2. The molecule has 6 nitrogen and oxygen atoms in total. The molecular weight excluding hydrogens is 354 g/mol. The van der Waals surface area contributed by atoms with Crippen LogP contribution in [0, 0.1) is 0 Å². The number of likely N-dealkylation sites (tertiary alicyclic amines) is 1. The number of hydrogen-bond acceptors (Lipinski definition) is 3. The predicted octanol–water partition coefficient (Wildman–Crippen LogP) is 4.35. The molecule has 0 saturated carbocycles. The van der Waals surface area contributed by atoms with Crippen molar-refractivity contribution in [2.24, 2.45) is 0 Å². The van der Waals surface area contributed by atoms with Crippen molar-refractivity contribution in [3.8, 4) is 11.5 Å². The minimum Gasteiger partial charge on any atom is -0.486 e. The van der Waals surface area contributed by atoms with Crippen LogP contribution in [0.4, 0.5) is 10.5 Å². The number of amides is 2. The van der Waals surface area contributed by atoms with Crippen LogP contribution >= 0.6 is 0 Å². The number of carbonyl (C=O) groups is 1. The van der Waals surface area contributed by atoms with Gasteiger partial charge >= 0.3 is 6.03 Å². The number of hydrogen-bond donors (Lipinski definition) is 2. The van der Waals surface area contributed by atoms with E-state index < -0.39 is 0 Å². The highest BCUT2D eigenvalue weighted by molar-refractivity contribution is 5.90. The fourth-order valence-corrected chi connectivity index (χ4v) is 4.15. The lowest BCUT2D eigenvalue weighted by molar-refractivity contribution is 0.171. The third kappa shape index (κ3) is 3.15.